The van der Waals surface area contributed by atoms with Gasteiger partial charge in [0.05, 0.1) is 35.8 Å². The molecule has 8 rings (SSSR count). The zero-order valence-electron chi connectivity index (χ0n) is 32.6. The predicted octanol–water partition coefficient (Wildman–Crippen LogP) is 4.57. The third-order valence-electron chi connectivity index (χ3n) is 12.1. The maximum Gasteiger partial charge on any atom is 0.284 e. The second kappa shape index (κ2) is 16.8. The molecule has 4 fully saturated rings. The normalized spacial score (nSPS) is 22.6. The average Bonchev–Trinajstić information content (AvgIpc) is 3.96. The molecule has 3 aliphatic heterocycles. The summed E-state index contributed by atoms with van der Waals surface area (Å²) in [6.07, 6.45) is 7.19. The Hall–Kier alpha value is -5.14. The standard InChI is InChI=1S/C41H50F2N10O4/c1-27-38-30(5-3-7-33(38)52(46-27)34-12-13-36(55)45-41(34)56)6-4-24-57-32-15-18-48(19-16-32)25-29-8-10-31(11-9-29)51-26-35(39(47-51)40(42)43)53-37(14-17-44-53)50-22-20-49(21-23-50)28(2)54/h3,5,7,14,17,26,29,31-32,34,40H,8-13,15-16,18-25H2,1-2H3,(H,45,55,56). The molecule has 302 valence electrons. The van der Waals surface area contributed by atoms with Crippen LogP contribution in [0.2, 0.25) is 0 Å². The maximum absolute atomic E-state index is 14.3. The minimum Gasteiger partial charge on any atom is -0.365 e. The molecule has 16 heteroatoms. The number of anilines is 1. The highest BCUT2D eigenvalue weighted by atomic mass is 19.3. The minimum atomic E-state index is -2.73. The van der Waals surface area contributed by atoms with E-state index in [4.69, 9.17) is 4.74 Å². The molecule has 0 radical (unpaired) electrons. The van der Waals surface area contributed by atoms with E-state index < -0.39 is 12.5 Å². The lowest BCUT2D eigenvalue weighted by Crippen LogP contribution is -2.48. The number of imide groups is 1. The second-order valence-corrected chi connectivity index (χ2v) is 15.8. The first-order valence-corrected chi connectivity index (χ1v) is 20.2. The van der Waals surface area contributed by atoms with E-state index >= 15 is 0 Å². The lowest BCUT2D eigenvalue weighted by atomic mass is 9.85. The van der Waals surface area contributed by atoms with Crippen LogP contribution in [0.1, 0.15) is 93.8 Å². The first kappa shape index (κ1) is 38.7. The van der Waals surface area contributed by atoms with Crippen LogP contribution in [-0.2, 0) is 19.1 Å². The molecule has 3 saturated heterocycles. The van der Waals surface area contributed by atoms with Gasteiger partial charge in [-0.3, -0.25) is 29.1 Å². The fourth-order valence-corrected chi connectivity index (χ4v) is 9.01. The van der Waals surface area contributed by atoms with E-state index in [0.29, 0.717) is 50.8 Å². The van der Waals surface area contributed by atoms with Crippen molar-refractivity contribution in [2.45, 2.75) is 89.8 Å². The highest BCUT2D eigenvalue weighted by Gasteiger charge is 2.32. The Balaban J connectivity index is 0.804. The number of fused-ring (bicyclic) bond motifs is 1. The number of benzene rings is 1. The number of ether oxygens (including phenoxy) is 1. The van der Waals surface area contributed by atoms with Crippen LogP contribution in [-0.4, -0.2) is 115 Å². The Morgan fingerprint density at radius 1 is 0.982 bits per heavy atom. The number of aryl methyl sites for hydroxylation is 1. The van der Waals surface area contributed by atoms with Gasteiger partial charge in [0.2, 0.25) is 11.8 Å². The highest BCUT2D eigenvalue weighted by Crippen LogP contribution is 2.36. The summed E-state index contributed by atoms with van der Waals surface area (Å²) in [6, 6.07) is 7.17. The molecule has 4 aromatic rings. The van der Waals surface area contributed by atoms with Crippen molar-refractivity contribution in [1.29, 1.82) is 0 Å². The Bertz CT molecular complexity index is 2160. The van der Waals surface area contributed by atoms with Gasteiger partial charge in [-0.1, -0.05) is 17.9 Å². The second-order valence-electron chi connectivity index (χ2n) is 15.8. The van der Waals surface area contributed by atoms with Gasteiger partial charge in [0.15, 0.2) is 5.69 Å². The fraction of sp³-hybridized carbons (Fsp3) is 0.561. The molecule has 3 amide bonds. The van der Waals surface area contributed by atoms with E-state index in [1.807, 2.05) is 31.2 Å². The molecular weight excluding hydrogens is 735 g/mol. The molecule has 0 bridgehead atoms. The number of alkyl halides is 2. The van der Waals surface area contributed by atoms with Crippen molar-refractivity contribution in [1.82, 2.24) is 44.5 Å². The van der Waals surface area contributed by atoms with E-state index in [1.54, 1.807) is 38.3 Å². The van der Waals surface area contributed by atoms with E-state index in [-0.39, 0.29) is 42.0 Å². The molecule has 4 aliphatic rings. The van der Waals surface area contributed by atoms with Gasteiger partial charge < -0.3 is 19.4 Å². The Labute approximate surface area is 330 Å². The summed E-state index contributed by atoms with van der Waals surface area (Å²) < 4.78 is 39.9. The Morgan fingerprint density at radius 2 is 1.75 bits per heavy atom. The molecular formula is C41H50F2N10O4. The number of likely N-dealkylation sites (tertiary alicyclic amines) is 1. The van der Waals surface area contributed by atoms with Crippen molar-refractivity contribution in [3.8, 4) is 17.5 Å². The van der Waals surface area contributed by atoms with Crippen molar-refractivity contribution in [2.24, 2.45) is 5.92 Å². The average molecular weight is 785 g/mol. The van der Waals surface area contributed by atoms with Crippen LogP contribution >= 0.6 is 0 Å². The monoisotopic (exact) mass is 784 g/mol. The molecule has 1 N–H and O–H groups in total. The molecule has 57 heavy (non-hydrogen) atoms. The first-order valence-electron chi connectivity index (χ1n) is 20.2. The number of rotatable bonds is 9. The summed E-state index contributed by atoms with van der Waals surface area (Å²) in [5.74, 6) is 7.19. The van der Waals surface area contributed by atoms with E-state index in [1.165, 1.54) is 0 Å². The molecule has 1 aliphatic carbocycles. The van der Waals surface area contributed by atoms with Gasteiger partial charge in [0.25, 0.3) is 12.3 Å². The number of piperidine rings is 2. The number of aromatic nitrogens is 6. The molecule has 0 spiro atoms. The number of halogens is 2. The van der Waals surface area contributed by atoms with E-state index in [0.717, 1.165) is 86.1 Å². The summed E-state index contributed by atoms with van der Waals surface area (Å²) in [5, 5.41) is 16.8. The van der Waals surface area contributed by atoms with Gasteiger partial charge in [-0.15, -0.1) is 0 Å². The number of amides is 3. The van der Waals surface area contributed by atoms with E-state index in [2.05, 4.69) is 42.3 Å². The van der Waals surface area contributed by atoms with Gasteiger partial charge in [0.1, 0.15) is 24.2 Å². The van der Waals surface area contributed by atoms with Gasteiger partial charge in [-0.2, -0.15) is 15.3 Å². The predicted molar refractivity (Wildman–Crippen MR) is 208 cm³/mol. The molecule has 1 unspecified atom stereocenters. The minimum absolute atomic E-state index is 0.0377. The van der Waals surface area contributed by atoms with Crippen LogP contribution in [0, 0.1) is 24.7 Å². The van der Waals surface area contributed by atoms with Crippen molar-refractivity contribution in [3.63, 3.8) is 0 Å². The van der Waals surface area contributed by atoms with Crippen LogP contribution < -0.4 is 10.2 Å². The van der Waals surface area contributed by atoms with Crippen molar-refractivity contribution < 1.29 is 27.9 Å². The fourth-order valence-electron chi connectivity index (χ4n) is 9.01. The number of hydrogen-bond donors (Lipinski definition) is 1. The van der Waals surface area contributed by atoms with Gasteiger partial charge >= 0.3 is 0 Å². The molecule has 1 saturated carbocycles. The van der Waals surface area contributed by atoms with Gasteiger partial charge in [0, 0.05) is 76.2 Å². The van der Waals surface area contributed by atoms with Crippen LogP contribution in [0.25, 0.3) is 16.6 Å². The summed E-state index contributed by atoms with van der Waals surface area (Å²) >= 11 is 0. The number of hydrogen-bond acceptors (Lipinski definition) is 9. The molecule has 1 atom stereocenters. The van der Waals surface area contributed by atoms with Crippen LogP contribution in [0.4, 0.5) is 14.6 Å². The number of piperazine rings is 1. The topological polar surface area (TPSA) is 136 Å². The SMILES string of the molecule is CC(=O)N1CCN(c2ccnn2-c2cn(C3CCC(CN4CCC(OCC#Cc5cccc6c5c(C)nn6C5CCC(=O)NC5=O)CC4)CC3)nc2C(F)F)CC1. The summed E-state index contributed by atoms with van der Waals surface area (Å²) in [4.78, 5) is 42.4. The number of carbonyl (C=O) groups is 3. The van der Waals surface area contributed by atoms with Crippen LogP contribution in [0.15, 0.2) is 36.7 Å². The molecule has 3 aromatic heterocycles. The first-order chi connectivity index (χ1) is 27.6. The van der Waals surface area contributed by atoms with Crippen LogP contribution in [0.5, 0.6) is 0 Å². The van der Waals surface area contributed by atoms with Crippen molar-refractivity contribution in [3.05, 3.63) is 53.6 Å². The number of carbonyl (C=O) groups excluding carboxylic acids is 3. The quantitative estimate of drug-likeness (QED) is 0.191. The summed E-state index contributed by atoms with van der Waals surface area (Å²) in [6.45, 7) is 9.13. The lowest BCUT2D eigenvalue weighted by Gasteiger charge is -2.36. The molecule has 14 nitrogen and oxygen atoms in total. The smallest absolute Gasteiger partial charge is 0.284 e. The largest absolute Gasteiger partial charge is 0.365 e. The highest BCUT2D eigenvalue weighted by molar-refractivity contribution is 6.00. The van der Waals surface area contributed by atoms with E-state index in [9.17, 15) is 23.2 Å². The van der Waals surface area contributed by atoms with Gasteiger partial charge in [-0.25, -0.2) is 13.5 Å². The zero-order chi connectivity index (χ0) is 39.6. The number of nitrogens with one attached hydrogen (secondary N) is 1. The van der Waals surface area contributed by atoms with Crippen molar-refractivity contribution >= 4 is 34.4 Å². The third kappa shape index (κ3) is 8.31. The van der Waals surface area contributed by atoms with Crippen LogP contribution in [0.3, 0.4) is 0 Å². The van der Waals surface area contributed by atoms with Gasteiger partial charge in [-0.05, 0) is 69.9 Å². The number of nitrogens with zero attached hydrogens (tertiary/aromatic N) is 9. The molecule has 6 heterocycles. The summed E-state index contributed by atoms with van der Waals surface area (Å²) in [5.41, 5.74) is 2.50. The maximum atomic E-state index is 14.3. The Kier molecular flexibility index (Phi) is 11.4. The zero-order valence-corrected chi connectivity index (χ0v) is 32.6. The lowest BCUT2D eigenvalue weighted by molar-refractivity contribution is -0.136. The third-order valence-corrected chi connectivity index (χ3v) is 12.1. The Morgan fingerprint density at radius 3 is 2.47 bits per heavy atom. The summed E-state index contributed by atoms with van der Waals surface area (Å²) in [7, 11) is 0. The van der Waals surface area contributed by atoms with Crippen molar-refractivity contribution in [2.75, 3.05) is 57.3 Å². The molecule has 1 aromatic carbocycles.